The van der Waals surface area contributed by atoms with Gasteiger partial charge in [0.15, 0.2) is 0 Å². The second-order valence-electron chi connectivity index (χ2n) is 6.95. The molecule has 8 heteroatoms. The Kier molecular flexibility index (Phi) is 10.6. The van der Waals surface area contributed by atoms with Gasteiger partial charge in [0.05, 0.1) is 4.90 Å². The van der Waals surface area contributed by atoms with E-state index in [2.05, 4.69) is 10.8 Å². The molecule has 1 saturated carbocycles. The van der Waals surface area contributed by atoms with Gasteiger partial charge in [0.2, 0.25) is 10.0 Å². The molecule has 0 amide bonds. The summed E-state index contributed by atoms with van der Waals surface area (Å²) in [5, 5.41) is 9.15. The second kappa shape index (κ2) is 11.6. The number of allylic oxidation sites excluding steroid dienone is 2. The van der Waals surface area contributed by atoms with Gasteiger partial charge in [-0.05, 0) is 61.8 Å². The van der Waals surface area contributed by atoms with Crippen molar-refractivity contribution in [2.24, 2.45) is 5.41 Å². The van der Waals surface area contributed by atoms with Crippen molar-refractivity contribution in [3.63, 3.8) is 0 Å². The normalized spacial score (nSPS) is 16.3. The van der Waals surface area contributed by atoms with Gasteiger partial charge >= 0.3 is 35.5 Å². The Bertz CT molecular complexity index is 729. The van der Waals surface area contributed by atoms with Crippen LogP contribution >= 0.6 is 11.6 Å². The molecule has 2 N–H and O–H groups in total. The van der Waals surface area contributed by atoms with E-state index in [0.29, 0.717) is 18.0 Å². The molecular formula is C19H27ClNNaO4S. The van der Waals surface area contributed by atoms with Gasteiger partial charge in [-0.3, -0.25) is 4.79 Å². The fourth-order valence-electron chi connectivity index (χ4n) is 3.35. The Morgan fingerprint density at radius 1 is 1.19 bits per heavy atom. The van der Waals surface area contributed by atoms with Crippen LogP contribution in [0.3, 0.4) is 0 Å². The van der Waals surface area contributed by atoms with E-state index in [1.165, 1.54) is 12.1 Å². The summed E-state index contributed by atoms with van der Waals surface area (Å²) in [5.74, 6) is -0.776. The van der Waals surface area contributed by atoms with Gasteiger partial charge in [-0.15, -0.1) is 0 Å². The topological polar surface area (TPSA) is 83.5 Å². The van der Waals surface area contributed by atoms with Crippen LogP contribution in [0, 0.1) is 5.41 Å². The third-order valence-corrected chi connectivity index (χ3v) is 6.57. The van der Waals surface area contributed by atoms with Crippen molar-refractivity contribution in [1.29, 1.82) is 0 Å². The number of hydrogen-bond donors (Lipinski definition) is 2. The Morgan fingerprint density at radius 3 is 2.41 bits per heavy atom. The summed E-state index contributed by atoms with van der Waals surface area (Å²) in [6.45, 7) is 0.414. The molecule has 0 bridgehead atoms. The van der Waals surface area contributed by atoms with E-state index in [1.54, 1.807) is 12.1 Å². The first-order chi connectivity index (χ1) is 12.3. The van der Waals surface area contributed by atoms with E-state index < -0.39 is 16.0 Å². The number of carbonyl (C=O) groups is 1. The number of carboxylic acid groups (broad SMARTS) is 1. The van der Waals surface area contributed by atoms with E-state index in [4.69, 9.17) is 16.7 Å². The maximum atomic E-state index is 12.5. The monoisotopic (exact) mass is 423 g/mol. The van der Waals surface area contributed by atoms with E-state index in [-0.39, 0.29) is 46.3 Å². The molecule has 0 aliphatic heterocycles. The summed E-state index contributed by atoms with van der Waals surface area (Å²) < 4.78 is 27.7. The van der Waals surface area contributed by atoms with Gasteiger partial charge in [0.25, 0.3) is 0 Å². The molecule has 1 aromatic carbocycles. The third kappa shape index (κ3) is 8.26. The Labute approximate surface area is 188 Å². The third-order valence-electron chi connectivity index (χ3n) is 4.90. The predicted molar refractivity (Wildman–Crippen MR) is 110 cm³/mol. The summed E-state index contributed by atoms with van der Waals surface area (Å²) in [6, 6.07) is 6.16. The number of unbranched alkanes of at least 4 members (excludes halogenated alkanes) is 1. The molecule has 1 aliphatic carbocycles. The van der Waals surface area contributed by atoms with Crippen LogP contribution in [0.4, 0.5) is 0 Å². The van der Waals surface area contributed by atoms with Gasteiger partial charge in [-0.25, -0.2) is 13.1 Å². The van der Waals surface area contributed by atoms with Crippen LogP contribution in [0.1, 0.15) is 51.4 Å². The number of carboxylic acids is 1. The van der Waals surface area contributed by atoms with Crippen molar-refractivity contribution < 1.29 is 18.3 Å². The van der Waals surface area contributed by atoms with Crippen molar-refractivity contribution >= 4 is 57.2 Å². The van der Waals surface area contributed by atoms with E-state index in [9.17, 15) is 13.2 Å². The van der Waals surface area contributed by atoms with Crippen LogP contribution in [0.15, 0.2) is 41.3 Å². The standard InChI is InChI=1S/C19H26ClNO4S.Na.H/c20-16-8-10-17(11-9-16)26(24,25)21-15-19(13-5-6-14-19)12-4-2-1-3-7-18(22)23;;/h2,4,8-11,21H,1,3,5-7,12-15H2,(H,22,23);;/b4-2-;;. The Balaban J connectivity index is 0.00000364. The van der Waals surface area contributed by atoms with Gasteiger partial charge < -0.3 is 5.11 Å². The first kappa shape index (κ1) is 24.7. The van der Waals surface area contributed by atoms with E-state index in [0.717, 1.165) is 38.5 Å². The molecule has 0 atom stereocenters. The summed E-state index contributed by atoms with van der Waals surface area (Å²) >= 11 is 5.82. The van der Waals surface area contributed by atoms with E-state index in [1.807, 2.05) is 6.08 Å². The SMILES string of the molecule is O=C(O)CCC/C=C\CC1(CNS(=O)(=O)c2ccc(Cl)cc2)CCCC1.[NaH]. The Hall–Kier alpha value is -0.370. The fraction of sp³-hybridized carbons (Fsp3) is 0.526. The molecule has 27 heavy (non-hydrogen) atoms. The number of nitrogens with one attached hydrogen (secondary N) is 1. The molecule has 0 aromatic heterocycles. The molecule has 0 spiro atoms. The predicted octanol–water partition coefficient (Wildman–Crippen LogP) is 3.73. The van der Waals surface area contributed by atoms with Gasteiger partial charge in [0, 0.05) is 18.0 Å². The van der Waals surface area contributed by atoms with Crippen molar-refractivity contribution in [1.82, 2.24) is 4.72 Å². The molecular weight excluding hydrogens is 397 g/mol. The zero-order chi connectivity index (χ0) is 19.0. The molecule has 0 saturated heterocycles. The van der Waals surface area contributed by atoms with Crippen molar-refractivity contribution in [2.45, 2.75) is 56.3 Å². The number of sulfonamides is 1. The van der Waals surface area contributed by atoms with Crippen molar-refractivity contribution in [2.75, 3.05) is 6.54 Å². The second-order valence-corrected chi connectivity index (χ2v) is 9.15. The average molecular weight is 424 g/mol. The first-order valence-electron chi connectivity index (χ1n) is 8.95. The van der Waals surface area contributed by atoms with Crippen LogP contribution in [0.2, 0.25) is 5.02 Å². The van der Waals surface area contributed by atoms with Crippen molar-refractivity contribution in [3.8, 4) is 0 Å². The zero-order valence-electron chi connectivity index (χ0n) is 14.8. The molecule has 146 valence electrons. The summed E-state index contributed by atoms with van der Waals surface area (Å²) in [7, 11) is -3.55. The molecule has 0 unspecified atom stereocenters. The first-order valence-corrected chi connectivity index (χ1v) is 10.8. The van der Waals surface area contributed by atoms with Crippen LogP contribution in [-0.4, -0.2) is 55.6 Å². The fourth-order valence-corrected chi connectivity index (χ4v) is 4.63. The molecule has 1 aromatic rings. The Morgan fingerprint density at radius 2 is 1.81 bits per heavy atom. The molecule has 2 rings (SSSR count). The summed E-state index contributed by atoms with van der Waals surface area (Å²) in [5.41, 5.74) is -0.0528. The van der Waals surface area contributed by atoms with Crippen molar-refractivity contribution in [3.05, 3.63) is 41.4 Å². The van der Waals surface area contributed by atoms with Gasteiger partial charge in [-0.2, -0.15) is 0 Å². The van der Waals surface area contributed by atoms with Crippen LogP contribution in [0.25, 0.3) is 0 Å². The maximum absolute atomic E-state index is 12.5. The molecule has 5 nitrogen and oxygen atoms in total. The van der Waals surface area contributed by atoms with Gasteiger partial charge in [-0.1, -0.05) is 36.6 Å². The van der Waals surface area contributed by atoms with Crippen LogP contribution < -0.4 is 4.72 Å². The minimum atomic E-state index is -3.55. The van der Waals surface area contributed by atoms with Gasteiger partial charge in [0.1, 0.15) is 0 Å². The number of rotatable bonds is 10. The average Bonchev–Trinajstić information content (AvgIpc) is 3.06. The molecule has 0 radical (unpaired) electrons. The molecule has 1 aliphatic rings. The number of halogens is 1. The van der Waals surface area contributed by atoms with Crippen LogP contribution in [0.5, 0.6) is 0 Å². The number of aliphatic carboxylic acids is 1. The number of hydrogen-bond acceptors (Lipinski definition) is 3. The van der Waals surface area contributed by atoms with Crippen LogP contribution in [-0.2, 0) is 14.8 Å². The summed E-state index contributed by atoms with van der Waals surface area (Å²) in [4.78, 5) is 10.7. The molecule has 0 heterocycles. The zero-order valence-corrected chi connectivity index (χ0v) is 16.4. The summed E-state index contributed by atoms with van der Waals surface area (Å²) in [6.07, 6.45) is 10.6. The van der Waals surface area contributed by atoms with E-state index >= 15 is 0 Å². The number of benzene rings is 1. The quantitative estimate of drug-likeness (QED) is 0.341. The molecule has 1 fully saturated rings. The minimum absolute atomic E-state index is 0.